The normalized spacial score (nSPS) is 22.0. The van der Waals surface area contributed by atoms with Crippen LogP contribution in [0.5, 0.6) is 0 Å². The Bertz CT molecular complexity index is 1020. The minimum atomic E-state index is -0.576. The average molecular weight is 404 g/mol. The number of carbonyl (C=O) groups is 2. The number of likely N-dealkylation sites (tertiary alicyclic amines) is 1. The Balaban J connectivity index is 0.00000156. The van der Waals surface area contributed by atoms with Crippen LogP contribution in [0.2, 0.25) is 0 Å². The molecule has 1 aromatic rings. The molecule has 0 aromatic heterocycles. The number of allylic oxidation sites excluding steroid dienone is 4. The zero-order chi connectivity index (χ0) is 22.1. The Morgan fingerprint density at radius 2 is 1.93 bits per heavy atom. The van der Waals surface area contributed by atoms with Crippen molar-refractivity contribution in [3.63, 3.8) is 0 Å². The summed E-state index contributed by atoms with van der Waals surface area (Å²) in [7, 11) is 0. The molecule has 0 unspecified atom stereocenters. The summed E-state index contributed by atoms with van der Waals surface area (Å²) in [6.45, 7) is 6.82. The molecular formula is C25H29N3O2. The van der Waals surface area contributed by atoms with Crippen molar-refractivity contribution in [2.45, 2.75) is 27.2 Å². The molecule has 3 rings (SSSR count). The molecule has 2 aliphatic heterocycles. The molecular weight excluding hydrogens is 374 g/mol. The lowest BCUT2D eigenvalue weighted by molar-refractivity contribution is -0.126. The minimum absolute atomic E-state index is 0. The summed E-state index contributed by atoms with van der Waals surface area (Å²) in [5.41, 5.74) is 9.50. The summed E-state index contributed by atoms with van der Waals surface area (Å²) < 4.78 is 0. The van der Waals surface area contributed by atoms with Gasteiger partial charge in [-0.25, -0.2) is 4.99 Å². The standard InChI is InChI=1S/C23H21N3O2.C2H6.H2/c1-3-17(14-18-9-5-4-8-16(18)2)23(28)26-13-12-20-19(15-26)10-6-7-11-21(25-20)22(24)27;1-2;/h1,4-11,14H,12-13,15H2,2H3,(H2,24,27);1-2H3;1H/b7-6+,10-6?,11-7?,17-14+,19-10+,21-11-,25-20-,25-21?;;. The number of piperidine rings is 1. The Hall–Kier alpha value is -3.65. The van der Waals surface area contributed by atoms with Crippen LogP contribution in [0.3, 0.4) is 0 Å². The van der Waals surface area contributed by atoms with Crippen molar-refractivity contribution in [2.24, 2.45) is 10.7 Å². The molecule has 0 bridgehead atoms. The first-order valence-electron chi connectivity index (χ1n) is 9.98. The number of aliphatic imine (C=N–C) groups is 1. The molecule has 5 nitrogen and oxygen atoms in total. The van der Waals surface area contributed by atoms with Gasteiger partial charge in [-0.15, -0.1) is 6.42 Å². The SMILES string of the molecule is C#C/C(=C\c1ccccc1C)C(=O)N1CCC2=N/C(C(N)=O)=C\C=C\C=C\2C1.CC.[HH]. The molecule has 156 valence electrons. The fraction of sp³-hybridized carbons (Fsp3) is 0.240. The molecule has 1 fully saturated rings. The van der Waals surface area contributed by atoms with Gasteiger partial charge in [0.05, 0.1) is 5.57 Å². The van der Waals surface area contributed by atoms with Crippen molar-refractivity contribution in [1.82, 2.24) is 4.90 Å². The second-order valence-corrected chi connectivity index (χ2v) is 6.59. The van der Waals surface area contributed by atoms with Gasteiger partial charge in [0.15, 0.2) is 0 Å². The molecule has 2 amide bonds. The highest BCUT2D eigenvalue weighted by atomic mass is 16.2. The van der Waals surface area contributed by atoms with E-state index in [-0.39, 0.29) is 13.0 Å². The largest absolute Gasteiger partial charge is 0.364 e. The Labute approximate surface area is 179 Å². The monoisotopic (exact) mass is 403 g/mol. The second kappa shape index (κ2) is 10.8. The fourth-order valence-corrected chi connectivity index (χ4v) is 3.11. The molecule has 1 saturated heterocycles. The van der Waals surface area contributed by atoms with Gasteiger partial charge in [-0.1, -0.05) is 62.3 Å². The number of aryl methyl sites for hydroxylation is 1. The lowest BCUT2D eigenvalue weighted by Gasteiger charge is -2.30. The molecule has 0 spiro atoms. The fourth-order valence-electron chi connectivity index (χ4n) is 3.11. The van der Waals surface area contributed by atoms with Gasteiger partial charge < -0.3 is 10.6 Å². The highest BCUT2D eigenvalue weighted by Crippen LogP contribution is 2.20. The number of rotatable bonds is 3. The predicted octanol–water partition coefficient (Wildman–Crippen LogP) is 3.82. The van der Waals surface area contributed by atoms with Crippen LogP contribution in [0.1, 0.15) is 32.8 Å². The van der Waals surface area contributed by atoms with Gasteiger partial charge in [0.1, 0.15) is 5.70 Å². The number of carbonyl (C=O) groups excluding carboxylic acids is 2. The molecule has 30 heavy (non-hydrogen) atoms. The van der Waals surface area contributed by atoms with Gasteiger partial charge in [0.25, 0.3) is 11.8 Å². The van der Waals surface area contributed by atoms with E-state index in [0.29, 0.717) is 25.1 Å². The van der Waals surface area contributed by atoms with Crippen LogP contribution in [-0.2, 0) is 9.59 Å². The molecule has 0 atom stereocenters. The first-order chi connectivity index (χ1) is 14.5. The number of primary amides is 1. The summed E-state index contributed by atoms with van der Waals surface area (Å²) in [5.74, 6) is 1.76. The Morgan fingerprint density at radius 1 is 1.23 bits per heavy atom. The highest BCUT2D eigenvalue weighted by molar-refractivity contribution is 6.08. The molecule has 1 aromatic carbocycles. The average Bonchev–Trinajstić information content (AvgIpc) is 2.74. The van der Waals surface area contributed by atoms with Gasteiger partial charge in [-0.2, -0.15) is 0 Å². The maximum Gasteiger partial charge on any atom is 0.267 e. The van der Waals surface area contributed by atoms with Crippen LogP contribution >= 0.6 is 0 Å². The molecule has 0 saturated carbocycles. The molecule has 0 aliphatic carbocycles. The third-order valence-electron chi connectivity index (χ3n) is 4.68. The maximum atomic E-state index is 13.0. The summed E-state index contributed by atoms with van der Waals surface area (Å²) in [6.07, 6.45) is 14.9. The smallest absolute Gasteiger partial charge is 0.267 e. The number of terminal acetylenes is 1. The molecule has 5 heteroatoms. The van der Waals surface area contributed by atoms with E-state index in [0.717, 1.165) is 22.4 Å². The van der Waals surface area contributed by atoms with Gasteiger partial charge in [0, 0.05) is 26.6 Å². The van der Waals surface area contributed by atoms with Gasteiger partial charge >= 0.3 is 0 Å². The number of hydrogen-bond donors (Lipinski definition) is 1. The number of hydrogen-bond acceptors (Lipinski definition) is 3. The topological polar surface area (TPSA) is 75.8 Å². The van der Waals surface area contributed by atoms with Crippen LogP contribution in [0.15, 0.2) is 70.4 Å². The molecule has 2 aliphatic rings. The van der Waals surface area contributed by atoms with E-state index < -0.39 is 5.91 Å². The van der Waals surface area contributed by atoms with Crippen LogP contribution in [-0.4, -0.2) is 35.5 Å². The third kappa shape index (κ3) is 5.45. The summed E-state index contributed by atoms with van der Waals surface area (Å²) in [4.78, 5) is 30.6. The third-order valence-corrected chi connectivity index (χ3v) is 4.68. The van der Waals surface area contributed by atoms with Crippen LogP contribution in [0.4, 0.5) is 0 Å². The van der Waals surface area contributed by atoms with Crippen molar-refractivity contribution in [1.29, 1.82) is 0 Å². The van der Waals surface area contributed by atoms with E-state index in [1.54, 1.807) is 23.1 Å². The highest BCUT2D eigenvalue weighted by Gasteiger charge is 2.26. The summed E-state index contributed by atoms with van der Waals surface area (Å²) in [5, 5.41) is 0. The Morgan fingerprint density at radius 3 is 2.60 bits per heavy atom. The summed E-state index contributed by atoms with van der Waals surface area (Å²) >= 11 is 0. The minimum Gasteiger partial charge on any atom is -0.364 e. The van der Waals surface area contributed by atoms with Crippen molar-refractivity contribution in [3.8, 4) is 12.3 Å². The number of benzene rings is 1. The first-order valence-corrected chi connectivity index (χ1v) is 9.98. The van der Waals surface area contributed by atoms with Gasteiger partial charge in [0.2, 0.25) is 0 Å². The van der Waals surface area contributed by atoms with Crippen molar-refractivity contribution in [2.75, 3.05) is 13.1 Å². The number of nitrogens with two attached hydrogens (primary N) is 1. The van der Waals surface area contributed by atoms with Crippen LogP contribution < -0.4 is 5.73 Å². The lowest BCUT2D eigenvalue weighted by Crippen LogP contribution is -2.41. The number of amides is 2. The van der Waals surface area contributed by atoms with Gasteiger partial charge in [-0.3, -0.25) is 9.59 Å². The maximum absolute atomic E-state index is 13.0. The van der Waals surface area contributed by atoms with Crippen molar-refractivity contribution in [3.05, 3.63) is 76.5 Å². The van der Waals surface area contributed by atoms with Crippen LogP contribution in [0, 0.1) is 19.3 Å². The first kappa shape index (κ1) is 22.6. The summed E-state index contributed by atoms with van der Waals surface area (Å²) in [6, 6.07) is 7.76. The quantitative estimate of drug-likeness (QED) is 0.615. The predicted molar refractivity (Wildman–Crippen MR) is 125 cm³/mol. The van der Waals surface area contributed by atoms with E-state index in [1.807, 2.05) is 57.2 Å². The zero-order valence-electron chi connectivity index (χ0n) is 17.7. The van der Waals surface area contributed by atoms with E-state index in [4.69, 9.17) is 12.2 Å². The van der Waals surface area contributed by atoms with E-state index in [9.17, 15) is 9.59 Å². The number of fused-ring (bicyclic) bond motifs is 1. The van der Waals surface area contributed by atoms with E-state index >= 15 is 0 Å². The Kier molecular flexibility index (Phi) is 8.13. The van der Waals surface area contributed by atoms with E-state index in [1.165, 1.54) is 0 Å². The van der Waals surface area contributed by atoms with Gasteiger partial charge in [-0.05, 0) is 35.8 Å². The van der Waals surface area contributed by atoms with Crippen molar-refractivity contribution < 1.29 is 11.0 Å². The van der Waals surface area contributed by atoms with Crippen molar-refractivity contribution >= 4 is 23.6 Å². The molecule has 2 N–H and O–H groups in total. The molecule has 0 radical (unpaired) electrons. The zero-order valence-corrected chi connectivity index (χ0v) is 17.7. The second-order valence-electron chi connectivity index (χ2n) is 6.59. The van der Waals surface area contributed by atoms with Crippen LogP contribution in [0.25, 0.3) is 6.08 Å². The van der Waals surface area contributed by atoms with E-state index in [2.05, 4.69) is 10.9 Å². The molecule has 2 heterocycles. The lowest BCUT2D eigenvalue weighted by atomic mass is 9.99. The number of nitrogens with zero attached hydrogens (tertiary/aromatic N) is 2.